The molecule has 4 N–H and O–H groups in total. The summed E-state index contributed by atoms with van der Waals surface area (Å²) in [4.78, 5) is 20.6. The van der Waals surface area contributed by atoms with Crippen molar-refractivity contribution < 1.29 is 9.53 Å². The fraction of sp³-hybridized carbons (Fsp3) is 0.269. The first-order chi connectivity index (χ1) is 16.0. The van der Waals surface area contributed by atoms with Crippen molar-refractivity contribution in [3.05, 3.63) is 73.6 Å². The molecule has 2 aromatic carbocycles. The normalized spacial score (nSPS) is 19.6. The summed E-state index contributed by atoms with van der Waals surface area (Å²) in [5, 5.41) is 6.67. The first-order valence-corrected chi connectivity index (χ1v) is 11.2. The van der Waals surface area contributed by atoms with Gasteiger partial charge in [-0.1, -0.05) is 43.8 Å². The predicted molar refractivity (Wildman–Crippen MR) is 131 cm³/mol. The van der Waals surface area contributed by atoms with Gasteiger partial charge in [-0.3, -0.25) is 4.79 Å². The van der Waals surface area contributed by atoms with E-state index in [4.69, 9.17) is 10.5 Å². The minimum atomic E-state index is -0.238. The van der Waals surface area contributed by atoms with Gasteiger partial charge in [-0.15, -0.1) is 0 Å². The Morgan fingerprint density at radius 2 is 1.91 bits per heavy atom. The van der Waals surface area contributed by atoms with E-state index in [9.17, 15) is 4.79 Å². The van der Waals surface area contributed by atoms with Gasteiger partial charge in [0.05, 0.1) is 5.56 Å². The molecule has 4 rings (SSSR count). The Kier molecular flexibility index (Phi) is 6.58. The van der Waals surface area contributed by atoms with Crippen molar-refractivity contribution in [2.75, 3.05) is 11.1 Å². The Morgan fingerprint density at radius 3 is 2.61 bits per heavy atom. The number of carbonyl (C=O) groups excluding carboxylic acids is 1. The molecule has 170 valence electrons. The number of hydrogen-bond donors (Lipinski definition) is 3. The van der Waals surface area contributed by atoms with E-state index in [1.807, 2.05) is 54.6 Å². The highest BCUT2D eigenvalue weighted by Crippen LogP contribution is 2.37. The van der Waals surface area contributed by atoms with Crippen LogP contribution < -0.4 is 21.1 Å². The highest BCUT2D eigenvalue weighted by atomic mass is 16.5. The van der Waals surface area contributed by atoms with Crippen LogP contribution in [0.3, 0.4) is 0 Å². The topological polar surface area (TPSA) is 102 Å². The molecule has 7 heteroatoms. The highest BCUT2D eigenvalue weighted by Gasteiger charge is 2.39. The Hall–Kier alpha value is -3.87. The summed E-state index contributed by atoms with van der Waals surface area (Å²) in [6.07, 6.45) is 6.26. The van der Waals surface area contributed by atoms with Crippen molar-refractivity contribution in [1.82, 2.24) is 15.3 Å². The molecule has 1 amide bonds. The van der Waals surface area contributed by atoms with Gasteiger partial charge in [-0.25, -0.2) is 9.97 Å². The van der Waals surface area contributed by atoms with Gasteiger partial charge in [0.1, 0.15) is 29.5 Å². The maximum atomic E-state index is 11.9. The number of nitrogens with zero attached hydrogens (tertiary/aromatic N) is 2. The maximum Gasteiger partial charge on any atom is 0.243 e. The summed E-state index contributed by atoms with van der Waals surface area (Å²) in [5.41, 5.74) is 7.68. The minimum Gasteiger partial charge on any atom is -0.457 e. The Balaban J connectivity index is 1.52. The standard InChI is InChI=1S/C26H29N5O2/c1-3-22(32)31-26(4-2)15-14-19(16-26)30-25-23(24(27)28-17-29-25)18-10-12-21(13-11-18)33-20-8-6-5-7-9-20/h3,5-13,17,19H,1,4,14-16H2,2H3,(H,31,32)(H3,27,28,29,30). The van der Waals surface area contributed by atoms with Gasteiger partial charge < -0.3 is 21.1 Å². The minimum absolute atomic E-state index is 0.137. The van der Waals surface area contributed by atoms with Crippen LogP contribution in [0.4, 0.5) is 11.6 Å². The first-order valence-electron chi connectivity index (χ1n) is 11.2. The van der Waals surface area contributed by atoms with Gasteiger partial charge in [0.15, 0.2) is 0 Å². The Labute approximate surface area is 194 Å². The molecule has 0 bridgehead atoms. The number of aromatic nitrogens is 2. The number of anilines is 2. The maximum absolute atomic E-state index is 11.9. The van der Waals surface area contributed by atoms with E-state index in [0.29, 0.717) is 11.6 Å². The molecular formula is C26H29N5O2. The summed E-state index contributed by atoms with van der Waals surface area (Å²) < 4.78 is 5.89. The largest absolute Gasteiger partial charge is 0.457 e. The number of para-hydroxylation sites is 1. The average molecular weight is 444 g/mol. The molecule has 1 aliphatic rings. The van der Waals surface area contributed by atoms with Crippen LogP contribution in [-0.2, 0) is 4.79 Å². The molecule has 3 aromatic rings. The quantitative estimate of drug-likeness (QED) is 0.427. The van der Waals surface area contributed by atoms with Gasteiger partial charge in [-0.05, 0) is 61.6 Å². The van der Waals surface area contributed by atoms with Gasteiger partial charge in [-0.2, -0.15) is 0 Å². The zero-order valence-electron chi connectivity index (χ0n) is 18.8. The highest BCUT2D eigenvalue weighted by molar-refractivity contribution is 5.87. The third kappa shape index (κ3) is 5.14. The molecule has 1 aliphatic carbocycles. The summed E-state index contributed by atoms with van der Waals surface area (Å²) in [5.74, 6) is 2.47. The lowest BCUT2D eigenvalue weighted by molar-refractivity contribution is -0.118. The van der Waals surface area contributed by atoms with Crippen molar-refractivity contribution in [3.63, 3.8) is 0 Å². The number of ether oxygens (including phenoxy) is 1. The molecule has 0 saturated heterocycles. The number of hydrogen-bond acceptors (Lipinski definition) is 6. The zero-order valence-corrected chi connectivity index (χ0v) is 18.8. The number of carbonyl (C=O) groups is 1. The lowest BCUT2D eigenvalue weighted by atomic mass is 9.93. The van der Waals surface area contributed by atoms with Crippen molar-refractivity contribution >= 4 is 17.5 Å². The molecule has 2 atom stereocenters. The van der Waals surface area contributed by atoms with E-state index < -0.39 is 0 Å². The summed E-state index contributed by atoms with van der Waals surface area (Å²) >= 11 is 0. The van der Waals surface area contributed by atoms with Crippen LogP contribution in [0.1, 0.15) is 32.6 Å². The van der Waals surface area contributed by atoms with Crippen LogP contribution in [0.15, 0.2) is 73.6 Å². The second-order valence-corrected chi connectivity index (χ2v) is 8.33. The van der Waals surface area contributed by atoms with Gasteiger partial charge in [0.2, 0.25) is 5.91 Å². The number of amides is 1. The Morgan fingerprint density at radius 1 is 1.18 bits per heavy atom. The molecule has 7 nitrogen and oxygen atoms in total. The summed E-state index contributed by atoms with van der Waals surface area (Å²) in [6, 6.07) is 17.5. The Bertz CT molecular complexity index is 1120. The first kappa shape index (κ1) is 22.3. The van der Waals surface area contributed by atoms with Crippen LogP contribution in [0.5, 0.6) is 11.5 Å². The van der Waals surface area contributed by atoms with E-state index in [1.165, 1.54) is 12.4 Å². The van der Waals surface area contributed by atoms with E-state index >= 15 is 0 Å². The molecule has 0 radical (unpaired) electrons. The smallest absolute Gasteiger partial charge is 0.243 e. The fourth-order valence-corrected chi connectivity index (χ4v) is 4.39. The number of nitrogens with one attached hydrogen (secondary N) is 2. The zero-order chi connectivity index (χ0) is 23.3. The fourth-order valence-electron chi connectivity index (χ4n) is 4.39. The van der Waals surface area contributed by atoms with Crippen LogP contribution in [0.2, 0.25) is 0 Å². The monoisotopic (exact) mass is 443 g/mol. The number of rotatable bonds is 8. The SMILES string of the molecule is C=CC(=O)NC1(CC)CCC(Nc2ncnc(N)c2-c2ccc(Oc3ccccc3)cc2)C1. The van der Waals surface area contributed by atoms with E-state index in [2.05, 4.69) is 34.1 Å². The molecular weight excluding hydrogens is 414 g/mol. The van der Waals surface area contributed by atoms with Crippen molar-refractivity contribution in [3.8, 4) is 22.6 Å². The second kappa shape index (κ2) is 9.73. The molecule has 2 unspecified atom stereocenters. The third-order valence-electron chi connectivity index (χ3n) is 6.20. The van der Waals surface area contributed by atoms with Gasteiger partial charge in [0, 0.05) is 11.6 Å². The van der Waals surface area contributed by atoms with E-state index in [0.717, 1.165) is 48.3 Å². The molecule has 1 saturated carbocycles. The second-order valence-electron chi connectivity index (χ2n) is 8.33. The lowest BCUT2D eigenvalue weighted by Crippen LogP contribution is -2.46. The summed E-state index contributed by atoms with van der Waals surface area (Å²) in [7, 11) is 0. The third-order valence-corrected chi connectivity index (χ3v) is 6.20. The molecule has 1 aromatic heterocycles. The van der Waals surface area contributed by atoms with Crippen LogP contribution in [0, 0.1) is 0 Å². The average Bonchev–Trinajstić information content (AvgIpc) is 3.23. The van der Waals surface area contributed by atoms with Crippen molar-refractivity contribution in [2.45, 2.75) is 44.2 Å². The van der Waals surface area contributed by atoms with Crippen LogP contribution >= 0.6 is 0 Å². The van der Waals surface area contributed by atoms with Gasteiger partial charge in [0.25, 0.3) is 0 Å². The van der Waals surface area contributed by atoms with Crippen LogP contribution in [0.25, 0.3) is 11.1 Å². The molecule has 1 fully saturated rings. The predicted octanol–water partition coefficient (Wildman–Crippen LogP) is 4.93. The van der Waals surface area contributed by atoms with Crippen molar-refractivity contribution in [1.29, 1.82) is 0 Å². The van der Waals surface area contributed by atoms with Crippen molar-refractivity contribution in [2.24, 2.45) is 0 Å². The molecule has 0 spiro atoms. The molecule has 33 heavy (non-hydrogen) atoms. The lowest BCUT2D eigenvalue weighted by Gasteiger charge is -2.29. The molecule has 0 aliphatic heterocycles. The van der Waals surface area contributed by atoms with E-state index in [-0.39, 0.29) is 17.5 Å². The number of benzene rings is 2. The van der Waals surface area contributed by atoms with Gasteiger partial charge >= 0.3 is 0 Å². The van der Waals surface area contributed by atoms with E-state index in [1.54, 1.807) is 0 Å². The number of nitrogen functional groups attached to an aromatic ring is 1. The molecule has 1 heterocycles. The van der Waals surface area contributed by atoms with Crippen LogP contribution in [-0.4, -0.2) is 27.5 Å². The summed E-state index contributed by atoms with van der Waals surface area (Å²) in [6.45, 7) is 5.67. The number of nitrogens with two attached hydrogens (primary N) is 1.